The summed E-state index contributed by atoms with van der Waals surface area (Å²) in [5.74, 6) is 0.198. The Morgan fingerprint density at radius 1 is 1.45 bits per heavy atom. The zero-order chi connectivity index (χ0) is 16.5. The zero-order valence-electron chi connectivity index (χ0n) is 12.4. The summed E-state index contributed by atoms with van der Waals surface area (Å²) in [4.78, 5) is 17.4. The molecule has 0 fully saturated rings. The monoisotopic (exact) mass is 301 g/mol. The van der Waals surface area contributed by atoms with Crippen LogP contribution in [0, 0.1) is 19.2 Å². The van der Waals surface area contributed by atoms with Crippen molar-refractivity contribution in [2.24, 2.45) is 4.99 Å². The van der Waals surface area contributed by atoms with Gasteiger partial charge in [-0.1, -0.05) is 0 Å². The highest BCUT2D eigenvalue weighted by Crippen LogP contribution is 2.14. The van der Waals surface area contributed by atoms with Gasteiger partial charge in [0.05, 0.1) is 6.26 Å². The van der Waals surface area contributed by atoms with Gasteiger partial charge in [0.15, 0.2) is 11.6 Å². The summed E-state index contributed by atoms with van der Waals surface area (Å²) in [5, 5.41) is 20.3. The van der Waals surface area contributed by atoms with E-state index in [1.807, 2.05) is 26.0 Å². The molecule has 0 unspecified atom stereocenters. The second-order valence-corrected chi connectivity index (χ2v) is 4.29. The van der Waals surface area contributed by atoms with E-state index in [2.05, 4.69) is 20.5 Å². The second kappa shape index (κ2) is 8.16. The Morgan fingerprint density at radius 2 is 2.14 bits per heavy atom. The maximum Gasteiger partial charge on any atom is 0.309 e. The number of aliphatic imine (C=N–C) groups is 1. The summed E-state index contributed by atoms with van der Waals surface area (Å²) in [6, 6.07) is 7.21. The third-order valence-electron chi connectivity index (χ3n) is 2.22. The Hall–Kier alpha value is -3.21. The smallest absolute Gasteiger partial charge is 0.309 e. The number of hydrogen-bond acceptors (Lipinski definition) is 6. The van der Waals surface area contributed by atoms with Gasteiger partial charge in [-0.05, 0) is 50.6 Å². The van der Waals surface area contributed by atoms with E-state index >= 15 is 0 Å². The lowest BCUT2D eigenvalue weighted by molar-refractivity contribution is -0.302. The lowest BCUT2D eigenvalue weighted by Gasteiger charge is -1.99. The van der Waals surface area contributed by atoms with Crippen LogP contribution in [0.15, 0.2) is 39.9 Å². The Morgan fingerprint density at radius 3 is 2.64 bits per heavy atom. The number of aryl methyl sites for hydroxylation is 2. The third kappa shape index (κ3) is 5.83. The molecule has 0 aromatic carbocycles. The largest absolute Gasteiger partial charge is 0.550 e. The van der Waals surface area contributed by atoms with Crippen LogP contribution in [-0.4, -0.2) is 16.8 Å². The van der Waals surface area contributed by atoms with Crippen LogP contribution in [0.5, 0.6) is 0 Å². The molecule has 114 valence electrons. The molecule has 0 atom stereocenters. The molecule has 8 nitrogen and oxygen atoms in total. The lowest BCUT2D eigenvalue weighted by atomic mass is 10.2. The SMILES string of the molecule is CC(=O)[O-].Cc1cc(C)nc(/N=C(/N[N+]#N)c2ccco2)c1. The van der Waals surface area contributed by atoms with Gasteiger partial charge < -0.3 is 14.3 Å². The molecule has 8 heteroatoms. The Balaban J connectivity index is 0.000000541. The number of carbonyl (C=O) groups excluding carboxylic acids is 1. The minimum Gasteiger partial charge on any atom is -0.550 e. The van der Waals surface area contributed by atoms with Crippen molar-refractivity contribution in [1.29, 1.82) is 5.39 Å². The highest BCUT2D eigenvalue weighted by Gasteiger charge is 2.12. The number of furan rings is 1. The third-order valence-corrected chi connectivity index (χ3v) is 2.22. The van der Waals surface area contributed by atoms with Gasteiger partial charge in [-0.2, -0.15) is 0 Å². The van der Waals surface area contributed by atoms with Crippen molar-refractivity contribution in [3.05, 3.63) is 52.6 Å². The number of rotatable bonds is 2. The minimum atomic E-state index is -1.08. The van der Waals surface area contributed by atoms with E-state index in [4.69, 9.17) is 19.7 Å². The molecule has 0 saturated carbocycles. The van der Waals surface area contributed by atoms with E-state index < -0.39 is 5.97 Å². The van der Waals surface area contributed by atoms with E-state index in [0.717, 1.165) is 18.2 Å². The number of nitrogens with zero attached hydrogens (tertiary/aromatic N) is 4. The van der Waals surface area contributed by atoms with E-state index in [0.29, 0.717) is 17.4 Å². The van der Waals surface area contributed by atoms with Gasteiger partial charge in [0, 0.05) is 17.1 Å². The molecular weight excluding hydrogens is 286 g/mol. The average molecular weight is 301 g/mol. The molecule has 2 aromatic rings. The molecule has 0 saturated heterocycles. The molecule has 0 amide bonds. The lowest BCUT2D eigenvalue weighted by Crippen LogP contribution is -2.16. The quantitative estimate of drug-likeness (QED) is 0.388. The second-order valence-electron chi connectivity index (χ2n) is 4.29. The molecule has 0 bridgehead atoms. The first-order valence-corrected chi connectivity index (χ1v) is 6.28. The standard InChI is InChI=1S/C12H12N5O.C2H4O2/c1-8-6-9(2)14-11(7-8)15-12(16-17-13)10-4-3-5-18-10;1-2(3)4/h3-7H,1-2H3,(H,14,15,16);1H3,(H,3,4)/q+1;/p-1. The van der Waals surface area contributed by atoms with Gasteiger partial charge in [-0.15, -0.1) is 0 Å². The molecule has 2 aromatic heterocycles. The fourth-order valence-electron chi connectivity index (χ4n) is 1.59. The number of hydrogen-bond donors (Lipinski definition) is 1. The molecule has 0 aliphatic rings. The number of pyridine rings is 1. The zero-order valence-corrected chi connectivity index (χ0v) is 12.4. The fourth-order valence-corrected chi connectivity index (χ4v) is 1.59. The maximum atomic E-state index is 8.89. The highest BCUT2D eigenvalue weighted by molar-refractivity contribution is 5.97. The van der Waals surface area contributed by atoms with Crippen LogP contribution >= 0.6 is 0 Å². The number of aromatic nitrogens is 1. The maximum absolute atomic E-state index is 8.89. The number of carboxylic acid groups (broad SMARTS) is 1. The number of nitrogens with one attached hydrogen (secondary N) is 1. The van der Waals surface area contributed by atoms with Crippen molar-refractivity contribution in [3.63, 3.8) is 0 Å². The summed E-state index contributed by atoms with van der Waals surface area (Å²) in [6.45, 7) is 4.83. The molecule has 1 N–H and O–H groups in total. The van der Waals surface area contributed by atoms with Gasteiger partial charge in [0.1, 0.15) is 0 Å². The van der Waals surface area contributed by atoms with E-state index in [1.165, 1.54) is 6.26 Å². The van der Waals surface area contributed by atoms with Crippen LogP contribution in [0.3, 0.4) is 0 Å². The number of aliphatic carboxylic acids is 1. The molecular formula is C14H15N5O3. The summed E-state index contributed by atoms with van der Waals surface area (Å²) >= 11 is 0. The van der Waals surface area contributed by atoms with Gasteiger partial charge in [0.25, 0.3) is 11.2 Å². The Kier molecular flexibility index (Phi) is 6.25. The summed E-state index contributed by atoms with van der Waals surface area (Å²) in [7, 11) is 0. The van der Waals surface area contributed by atoms with Crippen molar-refractivity contribution in [2.45, 2.75) is 20.8 Å². The van der Waals surface area contributed by atoms with Crippen LogP contribution in [0.1, 0.15) is 23.9 Å². The summed E-state index contributed by atoms with van der Waals surface area (Å²) < 4.78 is 5.19. The first kappa shape index (κ1) is 16.8. The number of diazo groups is 1. The molecule has 2 heterocycles. The van der Waals surface area contributed by atoms with Gasteiger partial charge in [-0.3, -0.25) is 0 Å². The van der Waals surface area contributed by atoms with E-state index in [9.17, 15) is 0 Å². The average Bonchev–Trinajstić information content (AvgIpc) is 2.90. The molecule has 0 spiro atoms. The first-order valence-electron chi connectivity index (χ1n) is 6.28. The number of amidine groups is 1. The van der Waals surface area contributed by atoms with Gasteiger partial charge >= 0.3 is 5.08 Å². The van der Waals surface area contributed by atoms with Gasteiger partial charge in [0.2, 0.25) is 0 Å². The van der Waals surface area contributed by atoms with Crippen molar-refractivity contribution in [1.82, 2.24) is 10.4 Å². The van der Waals surface area contributed by atoms with E-state index in [-0.39, 0.29) is 0 Å². The summed E-state index contributed by atoms with van der Waals surface area (Å²) in [6.07, 6.45) is 1.51. The van der Waals surface area contributed by atoms with Gasteiger partial charge in [-0.25, -0.2) is 9.98 Å². The predicted octanol–water partition coefficient (Wildman–Crippen LogP) is 1.48. The van der Waals surface area contributed by atoms with Crippen molar-refractivity contribution >= 4 is 17.6 Å². The van der Waals surface area contributed by atoms with Crippen LogP contribution in [0.4, 0.5) is 5.82 Å². The van der Waals surface area contributed by atoms with Crippen molar-refractivity contribution in [2.75, 3.05) is 0 Å². The minimum absolute atomic E-state index is 0.292. The Bertz CT molecular complexity index is 678. The van der Waals surface area contributed by atoms with E-state index in [1.54, 1.807) is 12.1 Å². The Labute approximate surface area is 127 Å². The predicted molar refractivity (Wildman–Crippen MR) is 77.5 cm³/mol. The van der Waals surface area contributed by atoms with Crippen LogP contribution in [0.25, 0.3) is 5.08 Å². The highest BCUT2D eigenvalue weighted by atomic mass is 16.4. The molecule has 2 rings (SSSR count). The normalized spacial score (nSPS) is 10.2. The van der Waals surface area contributed by atoms with Crippen molar-refractivity contribution < 1.29 is 14.3 Å². The fraction of sp³-hybridized carbons (Fsp3) is 0.214. The molecule has 0 radical (unpaired) electrons. The molecule has 0 aliphatic carbocycles. The molecule has 22 heavy (non-hydrogen) atoms. The summed E-state index contributed by atoms with van der Waals surface area (Å²) in [5.41, 5.74) is 4.29. The van der Waals surface area contributed by atoms with Crippen LogP contribution in [-0.2, 0) is 4.79 Å². The van der Waals surface area contributed by atoms with Crippen LogP contribution in [0.2, 0.25) is 0 Å². The number of carboxylic acids is 1. The number of carbonyl (C=O) groups is 1. The molecule has 0 aliphatic heterocycles. The van der Waals surface area contributed by atoms with Crippen molar-refractivity contribution in [3.8, 4) is 0 Å². The first-order chi connectivity index (χ1) is 10.4. The topological polar surface area (TPSA) is 119 Å². The van der Waals surface area contributed by atoms with Crippen LogP contribution < -0.4 is 10.5 Å².